The molecule has 9 heteroatoms. The highest BCUT2D eigenvalue weighted by Gasteiger charge is 2.13. The van der Waals surface area contributed by atoms with Crippen LogP contribution in [-0.4, -0.2) is 27.0 Å². The first-order valence-electron chi connectivity index (χ1n) is 6.30. The fourth-order valence-corrected chi connectivity index (χ4v) is 1.79. The number of ether oxygens (including phenoxy) is 1. The van der Waals surface area contributed by atoms with Crippen LogP contribution < -0.4 is 5.76 Å². The van der Waals surface area contributed by atoms with Gasteiger partial charge in [-0.05, 0) is 24.3 Å². The van der Waals surface area contributed by atoms with Crippen molar-refractivity contribution in [2.24, 2.45) is 0 Å². The lowest BCUT2D eigenvalue weighted by Crippen LogP contribution is -2.16. The van der Waals surface area contributed by atoms with Crippen LogP contribution in [0.4, 0.5) is 4.39 Å². The standard InChI is InChI=1S/C13H11FN4O4/c1-20-7-11-16-18(13(19)21-11)6-10-15-12(17-22-10)8-2-4-9(14)5-3-8/h2-5H,6-7H2,1H3. The molecule has 0 aliphatic heterocycles. The van der Waals surface area contributed by atoms with Gasteiger partial charge in [0.1, 0.15) is 19.0 Å². The fourth-order valence-electron chi connectivity index (χ4n) is 1.79. The second kappa shape index (κ2) is 5.90. The van der Waals surface area contributed by atoms with E-state index in [9.17, 15) is 9.18 Å². The number of benzene rings is 1. The Hall–Kier alpha value is -2.81. The maximum absolute atomic E-state index is 12.9. The number of rotatable bonds is 5. The molecule has 1 aromatic carbocycles. The van der Waals surface area contributed by atoms with E-state index in [-0.39, 0.29) is 30.8 Å². The molecule has 0 atom stereocenters. The number of hydrogen-bond donors (Lipinski definition) is 0. The van der Waals surface area contributed by atoms with E-state index in [2.05, 4.69) is 15.2 Å². The molecule has 2 heterocycles. The molecular formula is C13H11FN4O4. The first-order chi connectivity index (χ1) is 10.7. The van der Waals surface area contributed by atoms with E-state index in [0.717, 1.165) is 4.68 Å². The first kappa shape index (κ1) is 14.1. The molecular weight excluding hydrogens is 295 g/mol. The van der Waals surface area contributed by atoms with E-state index < -0.39 is 5.76 Å². The second-order valence-corrected chi connectivity index (χ2v) is 4.37. The van der Waals surface area contributed by atoms with Crippen molar-refractivity contribution in [2.45, 2.75) is 13.2 Å². The van der Waals surface area contributed by atoms with Gasteiger partial charge in [-0.2, -0.15) is 9.67 Å². The van der Waals surface area contributed by atoms with Crippen molar-refractivity contribution in [3.63, 3.8) is 0 Å². The summed E-state index contributed by atoms with van der Waals surface area (Å²) in [6.07, 6.45) is 0. The Kier molecular flexibility index (Phi) is 3.79. The molecule has 0 radical (unpaired) electrons. The van der Waals surface area contributed by atoms with Crippen molar-refractivity contribution >= 4 is 0 Å². The van der Waals surface area contributed by atoms with Gasteiger partial charge in [-0.15, -0.1) is 5.10 Å². The van der Waals surface area contributed by atoms with Crippen molar-refractivity contribution in [2.75, 3.05) is 7.11 Å². The van der Waals surface area contributed by atoms with Crippen LogP contribution >= 0.6 is 0 Å². The van der Waals surface area contributed by atoms with E-state index >= 15 is 0 Å². The molecule has 0 amide bonds. The molecule has 3 rings (SSSR count). The van der Waals surface area contributed by atoms with Crippen LogP contribution in [0.2, 0.25) is 0 Å². The summed E-state index contributed by atoms with van der Waals surface area (Å²) >= 11 is 0. The van der Waals surface area contributed by atoms with E-state index in [1.165, 1.54) is 31.4 Å². The number of halogens is 1. The Labute approximate surface area is 123 Å². The normalized spacial score (nSPS) is 11.0. The maximum atomic E-state index is 12.9. The summed E-state index contributed by atoms with van der Waals surface area (Å²) in [6.45, 7) is 0.0626. The predicted molar refractivity (Wildman–Crippen MR) is 70.3 cm³/mol. The highest BCUT2D eigenvalue weighted by atomic mass is 19.1. The first-order valence-corrected chi connectivity index (χ1v) is 6.30. The quantitative estimate of drug-likeness (QED) is 0.699. The van der Waals surface area contributed by atoms with Crippen LogP contribution in [0, 0.1) is 5.82 Å². The van der Waals surface area contributed by atoms with Gasteiger partial charge in [0.15, 0.2) is 0 Å². The fraction of sp³-hybridized carbons (Fsp3) is 0.231. The molecule has 0 saturated carbocycles. The topological polar surface area (TPSA) is 96.2 Å². The van der Waals surface area contributed by atoms with Crippen LogP contribution in [0.3, 0.4) is 0 Å². The summed E-state index contributed by atoms with van der Waals surface area (Å²) in [5, 5.41) is 7.70. The lowest BCUT2D eigenvalue weighted by atomic mass is 10.2. The monoisotopic (exact) mass is 306 g/mol. The molecule has 22 heavy (non-hydrogen) atoms. The Bertz CT molecular complexity index is 821. The molecule has 0 N–H and O–H groups in total. The molecule has 0 unspecified atom stereocenters. The summed E-state index contributed by atoms with van der Waals surface area (Å²) in [7, 11) is 1.46. The Morgan fingerprint density at radius 2 is 2.05 bits per heavy atom. The van der Waals surface area contributed by atoms with Crippen LogP contribution in [0.5, 0.6) is 0 Å². The summed E-state index contributed by atoms with van der Waals surface area (Å²) in [4.78, 5) is 15.7. The minimum Gasteiger partial charge on any atom is -0.390 e. The van der Waals surface area contributed by atoms with Gasteiger partial charge in [0.05, 0.1) is 0 Å². The molecule has 0 spiro atoms. The van der Waals surface area contributed by atoms with Crippen molar-refractivity contribution in [3.8, 4) is 11.4 Å². The van der Waals surface area contributed by atoms with Gasteiger partial charge >= 0.3 is 5.76 Å². The lowest BCUT2D eigenvalue weighted by molar-refractivity contribution is 0.158. The molecule has 0 saturated heterocycles. The van der Waals surface area contributed by atoms with Crippen molar-refractivity contribution < 1.29 is 18.1 Å². The number of hydrogen-bond acceptors (Lipinski definition) is 7. The Morgan fingerprint density at radius 1 is 1.27 bits per heavy atom. The van der Waals surface area contributed by atoms with Crippen LogP contribution in [0.1, 0.15) is 11.8 Å². The number of aromatic nitrogens is 4. The van der Waals surface area contributed by atoms with Crippen LogP contribution in [0.15, 0.2) is 38.0 Å². The zero-order chi connectivity index (χ0) is 15.5. The van der Waals surface area contributed by atoms with Crippen LogP contribution in [0.25, 0.3) is 11.4 Å². The summed E-state index contributed by atoms with van der Waals surface area (Å²) in [5.41, 5.74) is 0.601. The predicted octanol–water partition coefficient (Wildman–Crippen LogP) is 1.22. The van der Waals surface area contributed by atoms with Gasteiger partial charge in [-0.1, -0.05) is 5.16 Å². The Balaban J connectivity index is 1.79. The third-order valence-corrected chi connectivity index (χ3v) is 2.77. The molecule has 3 aromatic rings. The summed E-state index contributed by atoms with van der Waals surface area (Å²) < 4.78 is 28.7. The van der Waals surface area contributed by atoms with Crippen molar-refractivity contribution in [3.05, 3.63) is 52.4 Å². The second-order valence-electron chi connectivity index (χ2n) is 4.37. The highest BCUT2D eigenvalue weighted by molar-refractivity contribution is 5.53. The van der Waals surface area contributed by atoms with Gasteiger partial charge in [0, 0.05) is 12.7 Å². The summed E-state index contributed by atoms with van der Waals surface area (Å²) in [6, 6.07) is 5.65. The average molecular weight is 306 g/mol. The molecule has 0 aliphatic carbocycles. The minimum atomic E-state index is -0.645. The van der Waals surface area contributed by atoms with Gasteiger partial charge in [-0.3, -0.25) is 0 Å². The molecule has 0 bridgehead atoms. The maximum Gasteiger partial charge on any atom is 0.437 e. The average Bonchev–Trinajstić information content (AvgIpc) is 3.08. The zero-order valence-electron chi connectivity index (χ0n) is 11.5. The molecule has 2 aromatic heterocycles. The third kappa shape index (κ3) is 2.93. The van der Waals surface area contributed by atoms with E-state index in [0.29, 0.717) is 11.4 Å². The number of nitrogens with zero attached hydrogens (tertiary/aromatic N) is 4. The van der Waals surface area contributed by atoms with E-state index in [4.69, 9.17) is 13.7 Å². The van der Waals surface area contributed by atoms with Crippen molar-refractivity contribution in [1.82, 2.24) is 19.9 Å². The zero-order valence-corrected chi connectivity index (χ0v) is 11.5. The van der Waals surface area contributed by atoms with Gasteiger partial charge in [-0.25, -0.2) is 9.18 Å². The SMILES string of the molecule is COCc1nn(Cc2nc(-c3ccc(F)cc3)no2)c(=O)o1. The molecule has 0 fully saturated rings. The van der Waals surface area contributed by atoms with E-state index in [1.807, 2.05) is 0 Å². The molecule has 8 nitrogen and oxygen atoms in total. The van der Waals surface area contributed by atoms with E-state index in [1.54, 1.807) is 0 Å². The highest BCUT2D eigenvalue weighted by Crippen LogP contribution is 2.16. The largest absolute Gasteiger partial charge is 0.437 e. The summed E-state index contributed by atoms with van der Waals surface area (Å²) in [5.74, 6) is -0.367. The van der Waals surface area contributed by atoms with Crippen LogP contribution in [-0.2, 0) is 17.9 Å². The third-order valence-electron chi connectivity index (χ3n) is 2.77. The Morgan fingerprint density at radius 3 is 2.77 bits per heavy atom. The molecule has 114 valence electrons. The van der Waals surface area contributed by atoms with Crippen molar-refractivity contribution in [1.29, 1.82) is 0 Å². The molecule has 0 aliphatic rings. The van der Waals surface area contributed by atoms with Gasteiger partial charge < -0.3 is 13.7 Å². The smallest absolute Gasteiger partial charge is 0.390 e. The lowest BCUT2D eigenvalue weighted by Gasteiger charge is -1.93. The number of methoxy groups -OCH3 is 1. The van der Waals surface area contributed by atoms with Gasteiger partial charge in [0.2, 0.25) is 17.6 Å². The van der Waals surface area contributed by atoms with Gasteiger partial charge in [0.25, 0.3) is 0 Å². The minimum absolute atomic E-state index is 0.0275.